The van der Waals surface area contributed by atoms with E-state index in [1.54, 1.807) is 18.2 Å². The largest absolute Gasteiger partial charge is 0.493 e. The van der Waals surface area contributed by atoms with Crippen molar-refractivity contribution in [3.8, 4) is 11.5 Å². The van der Waals surface area contributed by atoms with Crippen LogP contribution in [-0.2, 0) is 13.2 Å². The van der Waals surface area contributed by atoms with Gasteiger partial charge in [0.2, 0.25) is 0 Å². The third kappa shape index (κ3) is 4.96. The predicted molar refractivity (Wildman–Crippen MR) is 114 cm³/mol. The van der Waals surface area contributed by atoms with Crippen molar-refractivity contribution in [2.24, 2.45) is 0 Å². The average molecular weight is 450 g/mol. The summed E-state index contributed by atoms with van der Waals surface area (Å²) in [6, 6.07) is 14.1. The summed E-state index contributed by atoms with van der Waals surface area (Å²) in [5.41, 5.74) is 1.51. The molecule has 0 heterocycles. The summed E-state index contributed by atoms with van der Waals surface area (Å²) in [7, 11) is 1.50. The number of benzene rings is 3. The quantitative estimate of drug-likeness (QED) is 0.439. The van der Waals surface area contributed by atoms with Crippen molar-refractivity contribution in [1.82, 2.24) is 0 Å². The Hall–Kier alpha value is -2.96. The van der Waals surface area contributed by atoms with E-state index in [9.17, 15) is 14.3 Å². The normalized spacial score (nSPS) is 10.5. The monoisotopic (exact) mass is 449 g/mol. The standard InChI is InChI=1S/C22H18Cl2FNO4/c1-29-20-7-2-4-14(11-26-19-10-13(22(27)28)8-9-17(19)24)21(20)30-12-15-16(23)5-3-6-18(15)25/h2-10,26H,11-12H2,1H3,(H,27,28). The van der Waals surface area contributed by atoms with Crippen LogP contribution < -0.4 is 14.8 Å². The third-order valence-corrected chi connectivity index (χ3v) is 5.07. The van der Waals surface area contributed by atoms with Crippen LogP contribution in [0.25, 0.3) is 0 Å². The lowest BCUT2D eigenvalue weighted by Crippen LogP contribution is -2.07. The summed E-state index contributed by atoms with van der Waals surface area (Å²) in [5, 5.41) is 12.9. The van der Waals surface area contributed by atoms with Crippen LogP contribution in [0.3, 0.4) is 0 Å². The number of ether oxygens (including phenoxy) is 2. The second kappa shape index (κ2) is 9.69. The zero-order valence-electron chi connectivity index (χ0n) is 15.9. The third-order valence-electron chi connectivity index (χ3n) is 4.39. The number of methoxy groups -OCH3 is 1. The molecule has 2 N–H and O–H groups in total. The van der Waals surface area contributed by atoms with Crippen LogP contribution >= 0.6 is 23.2 Å². The zero-order valence-corrected chi connectivity index (χ0v) is 17.4. The number of carboxylic acid groups (broad SMARTS) is 1. The molecule has 0 unspecified atom stereocenters. The fourth-order valence-electron chi connectivity index (χ4n) is 2.82. The first-order valence-electron chi connectivity index (χ1n) is 8.89. The molecule has 156 valence electrons. The van der Waals surface area contributed by atoms with Gasteiger partial charge >= 0.3 is 5.97 Å². The van der Waals surface area contributed by atoms with Gasteiger partial charge < -0.3 is 19.9 Å². The van der Waals surface area contributed by atoms with E-state index in [1.807, 2.05) is 6.07 Å². The molecule has 0 spiro atoms. The van der Waals surface area contributed by atoms with Gasteiger partial charge in [-0.2, -0.15) is 0 Å². The number of anilines is 1. The summed E-state index contributed by atoms with van der Waals surface area (Å²) >= 11 is 12.3. The lowest BCUT2D eigenvalue weighted by atomic mass is 10.1. The summed E-state index contributed by atoms with van der Waals surface area (Å²) < 4.78 is 25.3. The molecule has 0 aromatic heterocycles. The van der Waals surface area contributed by atoms with Gasteiger partial charge in [-0.15, -0.1) is 0 Å². The van der Waals surface area contributed by atoms with Gasteiger partial charge in [-0.25, -0.2) is 9.18 Å². The molecule has 0 aliphatic heterocycles. The van der Waals surface area contributed by atoms with E-state index in [4.69, 9.17) is 32.7 Å². The molecule has 0 atom stereocenters. The minimum Gasteiger partial charge on any atom is -0.493 e. The summed E-state index contributed by atoms with van der Waals surface area (Å²) in [4.78, 5) is 11.2. The highest BCUT2D eigenvalue weighted by molar-refractivity contribution is 6.33. The molecular formula is C22H18Cl2FNO4. The van der Waals surface area contributed by atoms with Gasteiger partial charge in [-0.3, -0.25) is 0 Å². The number of carbonyl (C=O) groups is 1. The molecule has 0 amide bonds. The number of carboxylic acids is 1. The topological polar surface area (TPSA) is 67.8 Å². The van der Waals surface area contributed by atoms with Crippen LogP contribution in [-0.4, -0.2) is 18.2 Å². The van der Waals surface area contributed by atoms with E-state index in [0.717, 1.165) is 0 Å². The molecular weight excluding hydrogens is 432 g/mol. The Kier molecular flexibility index (Phi) is 7.03. The summed E-state index contributed by atoms with van der Waals surface area (Å²) in [6.07, 6.45) is 0. The van der Waals surface area contributed by atoms with Gasteiger partial charge in [0.25, 0.3) is 0 Å². The number of para-hydroxylation sites is 1. The molecule has 0 bridgehead atoms. The maximum atomic E-state index is 14.1. The Morgan fingerprint density at radius 3 is 2.57 bits per heavy atom. The number of hydrogen-bond donors (Lipinski definition) is 2. The zero-order chi connectivity index (χ0) is 21.7. The van der Waals surface area contributed by atoms with Crippen LogP contribution in [0.4, 0.5) is 10.1 Å². The smallest absolute Gasteiger partial charge is 0.335 e. The molecule has 0 saturated carbocycles. The van der Waals surface area contributed by atoms with Gasteiger partial charge in [0.15, 0.2) is 11.5 Å². The Bertz CT molecular complexity index is 1050. The van der Waals surface area contributed by atoms with E-state index in [-0.39, 0.29) is 29.3 Å². The molecule has 0 radical (unpaired) electrons. The maximum Gasteiger partial charge on any atom is 0.335 e. The van der Waals surface area contributed by atoms with Crippen molar-refractivity contribution in [2.75, 3.05) is 12.4 Å². The second-order valence-electron chi connectivity index (χ2n) is 6.29. The first-order chi connectivity index (χ1) is 14.4. The molecule has 3 rings (SSSR count). The fourth-order valence-corrected chi connectivity index (χ4v) is 3.23. The molecule has 0 fully saturated rings. The minimum absolute atomic E-state index is 0.0892. The SMILES string of the molecule is COc1cccc(CNc2cc(C(=O)O)ccc2Cl)c1OCc1c(F)cccc1Cl. The van der Waals surface area contributed by atoms with E-state index < -0.39 is 11.8 Å². The lowest BCUT2D eigenvalue weighted by molar-refractivity contribution is 0.0697. The van der Waals surface area contributed by atoms with Crippen molar-refractivity contribution in [2.45, 2.75) is 13.2 Å². The van der Waals surface area contributed by atoms with Crippen molar-refractivity contribution < 1.29 is 23.8 Å². The first-order valence-corrected chi connectivity index (χ1v) is 9.64. The van der Waals surface area contributed by atoms with Crippen molar-refractivity contribution >= 4 is 34.9 Å². The van der Waals surface area contributed by atoms with Gasteiger partial charge in [0.1, 0.15) is 12.4 Å². The highest BCUT2D eigenvalue weighted by Gasteiger charge is 2.15. The minimum atomic E-state index is -1.05. The number of aromatic carboxylic acids is 1. The predicted octanol–water partition coefficient (Wildman–Crippen LogP) is 6.03. The second-order valence-corrected chi connectivity index (χ2v) is 7.11. The Labute approximate surface area is 183 Å². The highest BCUT2D eigenvalue weighted by atomic mass is 35.5. The van der Waals surface area contributed by atoms with E-state index in [2.05, 4.69) is 5.32 Å². The van der Waals surface area contributed by atoms with Crippen LogP contribution in [0.15, 0.2) is 54.6 Å². The lowest BCUT2D eigenvalue weighted by Gasteiger charge is -2.17. The summed E-state index contributed by atoms with van der Waals surface area (Å²) in [6.45, 7) is 0.175. The van der Waals surface area contributed by atoms with Gasteiger partial charge in [0.05, 0.1) is 28.4 Å². The van der Waals surface area contributed by atoms with Gasteiger partial charge in [0, 0.05) is 17.7 Å². The Balaban J connectivity index is 1.84. The molecule has 0 saturated heterocycles. The average Bonchev–Trinajstić information content (AvgIpc) is 2.73. The Morgan fingerprint density at radius 2 is 1.87 bits per heavy atom. The molecule has 0 aliphatic rings. The van der Waals surface area contributed by atoms with Crippen molar-refractivity contribution in [1.29, 1.82) is 0 Å². The van der Waals surface area contributed by atoms with Crippen LogP contribution in [0.1, 0.15) is 21.5 Å². The number of rotatable bonds is 8. The first kappa shape index (κ1) is 21.7. The molecule has 5 nitrogen and oxygen atoms in total. The molecule has 3 aromatic rings. The van der Waals surface area contributed by atoms with Crippen molar-refractivity contribution in [3.63, 3.8) is 0 Å². The van der Waals surface area contributed by atoms with Crippen LogP contribution in [0.5, 0.6) is 11.5 Å². The Morgan fingerprint density at radius 1 is 1.10 bits per heavy atom. The van der Waals surface area contributed by atoms with Crippen LogP contribution in [0, 0.1) is 5.82 Å². The molecule has 30 heavy (non-hydrogen) atoms. The van der Waals surface area contributed by atoms with Crippen LogP contribution in [0.2, 0.25) is 10.0 Å². The molecule has 0 aliphatic carbocycles. The van der Waals surface area contributed by atoms with E-state index in [0.29, 0.717) is 27.8 Å². The van der Waals surface area contributed by atoms with Gasteiger partial charge in [-0.1, -0.05) is 41.4 Å². The highest BCUT2D eigenvalue weighted by Crippen LogP contribution is 2.34. The van der Waals surface area contributed by atoms with Crippen molar-refractivity contribution in [3.05, 3.63) is 87.2 Å². The number of nitrogens with one attached hydrogen (secondary N) is 1. The van der Waals surface area contributed by atoms with Gasteiger partial charge in [-0.05, 0) is 36.4 Å². The summed E-state index contributed by atoms with van der Waals surface area (Å²) in [5.74, 6) is -0.638. The maximum absolute atomic E-state index is 14.1. The number of halogens is 3. The van der Waals surface area contributed by atoms with E-state index in [1.165, 1.54) is 37.4 Å². The fraction of sp³-hybridized carbons (Fsp3) is 0.136. The molecule has 3 aromatic carbocycles. The molecule has 8 heteroatoms. The number of hydrogen-bond acceptors (Lipinski definition) is 4. The van der Waals surface area contributed by atoms with E-state index >= 15 is 0 Å².